The summed E-state index contributed by atoms with van der Waals surface area (Å²) in [4.78, 5) is 4.38. The van der Waals surface area contributed by atoms with Crippen LogP contribution in [0.2, 0.25) is 5.15 Å². The minimum absolute atomic E-state index is 0.351. The van der Waals surface area contributed by atoms with Gasteiger partial charge >= 0.3 is 0 Å². The van der Waals surface area contributed by atoms with Gasteiger partial charge < -0.3 is 0 Å². The van der Waals surface area contributed by atoms with E-state index in [-0.39, 0.29) is 0 Å². The van der Waals surface area contributed by atoms with Crippen molar-refractivity contribution in [3.63, 3.8) is 0 Å². The van der Waals surface area contributed by atoms with Gasteiger partial charge in [-0.2, -0.15) is 5.10 Å². The summed E-state index contributed by atoms with van der Waals surface area (Å²) < 4.78 is 1.77. The maximum atomic E-state index is 6.05. The molecular formula is C13H16ClN3. The van der Waals surface area contributed by atoms with Gasteiger partial charge in [-0.15, -0.1) is 0 Å². The van der Waals surface area contributed by atoms with E-state index in [4.69, 9.17) is 11.6 Å². The Kier molecular flexibility index (Phi) is 2.24. The van der Waals surface area contributed by atoms with Crippen LogP contribution in [0.25, 0.3) is 5.65 Å². The lowest BCUT2D eigenvalue weighted by Gasteiger charge is -2.18. The Bertz CT molecular complexity index is 568. The number of hydrogen-bond donors (Lipinski definition) is 0. The maximum absolute atomic E-state index is 6.05. The van der Waals surface area contributed by atoms with Crippen LogP contribution in [0.4, 0.5) is 0 Å². The summed E-state index contributed by atoms with van der Waals surface area (Å²) in [5.41, 5.74) is 2.55. The number of halogens is 1. The van der Waals surface area contributed by atoms with E-state index >= 15 is 0 Å². The van der Waals surface area contributed by atoms with Crippen molar-refractivity contribution in [1.29, 1.82) is 0 Å². The average molecular weight is 250 g/mol. The summed E-state index contributed by atoms with van der Waals surface area (Å²) in [5, 5.41) is 4.76. The summed E-state index contributed by atoms with van der Waals surface area (Å²) in [6, 6.07) is 1.97. The van der Waals surface area contributed by atoms with Crippen molar-refractivity contribution in [3.05, 3.63) is 29.2 Å². The van der Waals surface area contributed by atoms with Gasteiger partial charge in [0.25, 0.3) is 0 Å². The molecule has 1 aliphatic rings. The van der Waals surface area contributed by atoms with E-state index in [0.717, 1.165) is 11.6 Å². The lowest BCUT2D eigenvalue weighted by Crippen LogP contribution is -2.09. The minimum Gasteiger partial charge on any atom is -0.235 e. The molecule has 0 radical (unpaired) electrons. The Morgan fingerprint density at radius 1 is 1.41 bits per heavy atom. The fraction of sp³-hybridized carbons (Fsp3) is 0.538. The molecule has 1 saturated carbocycles. The third-order valence-electron chi connectivity index (χ3n) is 3.66. The highest BCUT2D eigenvalue weighted by Crippen LogP contribution is 2.57. The Morgan fingerprint density at radius 2 is 2.18 bits per heavy atom. The molecule has 2 heterocycles. The second-order valence-electron chi connectivity index (χ2n) is 5.93. The summed E-state index contributed by atoms with van der Waals surface area (Å²) in [6.45, 7) is 6.88. The fourth-order valence-electron chi connectivity index (χ4n) is 2.68. The van der Waals surface area contributed by atoms with E-state index in [1.54, 1.807) is 10.7 Å². The van der Waals surface area contributed by atoms with Crippen LogP contribution in [0.15, 0.2) is 18.5 Å². The van der Waals surface area contributed by atoms with Crippen molar-refractivity contribution >= 4 is 17.2 Å². The first-order chi connectivity index (χ1) is 7.97. The minimum atomic E-state index is 0.351. The number of hydrogen-bond acceptors (Lipinski definition) is 2. The molecule has 2 aromatic heterocycles. The highest BCUT2D eigenvalue weighted by Gasteiger charge is 2.47. The first-order valence-corrected chi connectivity index (χ1v) is 6.34. The van der Waals surface area contributed by atoms with Crippen LogP contribution in [0, 0.1) is 11.3 Å². The molecule has 0 amide bonds. The second-order valence-corrected chi connectivity index (χ2v) is 6.32. The predicted molar refractivity (Wildman–Crippen MR) is 68.3 cm³/mol. The molecular weight excluding hydrogens is 234 g/mol. The van der Waals surface area contributed by atoms with Gasteiger partial charge in [-0.25, -0.2) is 9.50 Å². The molecule has 0 spiro atoms. The standard InChI is InChI=1S/C13H16ClN3/c1-13(2,3)10-6-8(10)9-7-11(14)16-17-5-4-15-12(9)17/h4-5,7-8,10H,6H2,1-3H3/t8-,10+/m1/s1. The topological polar surface area (TPSA) is 30.2 Å². The molecule has 17 heavy (non-hydrogen) atoms. The summed E-state index contributed by atoms with van der Waals surface area (Å²) >= 11 is 6.05. The van der Waals surface area contributed by atoms with Gasteiger partial charge in [0.15, 0.2) is 5.65 Å². The Balaban J connectivity index is 2.04. The van der Waals surface area contributed by atoms with E-state index in [0.29, 0.717) is 16.5 Å². The van der Waals surface area contributed by atoms with E-state index < -0.39 is 0 Å². The highest BCUT2D eigenvalue weighted by molar-refractivity contribution is 6.29. The molecule has 2 atom stereocenters. The van der Waals surface area contributed by atoms with Gasteiger partial charge in [0.2, 0.25) is 0 Å². The lowest BCUT2D eigenvalue weighted by molar-refractivity contribution is 0.343. The molecule has 0 saturated heterocycles. The van der Waals surface area contributed by atoms with Gasteiger partial charge in [-0.05, 0) is 29.7 Å². The zero-order chi connectivity index (χ0) is 12.2. The largest absolute Gasteiger partial charge is 0.235 e. The monoisotopic (exact) mass is 249 g/mol. The zero-order valence-corrected chi connectivity index (χ0v) is 11.1. The number of imidazole rings is 1. The van der Waals surface area contributed by atoms with Crippen molar-refractivity contribution in [2.75, 3.05) is 0 Å². The fourth-order valence-corrected chi connectivity index (χ4v) is 2.88. The van der Waals surface area contributed by atoms with Gasteiger partial charge in [0.05, 0.1) is 0 Å². The van der Waals surface area contributed by atoms with Crippen molar-refractivity contribution in [2.24, 2.45) is 11.3 Å². The normalized spacial score (nSPS) is 24.2. The molecule has 0 aliphatic heterocycles. The summed E-state index contributed by atoms with van der Waals surface area (Å²) in [5.74, 6) is 1.31. The number of rotatable bonds is 1. The van der Waals surface area contributed by atoms with E-state index in [1.807, 2.05) is 12.3 Å². The van der Waals surface area contributed by atoms with Crippen molar-refractivity contribution < 1.29 is 0 Å². The summed E-state index contributed by atoms with van der Waals surface area (Å²) in [6.07, 6.45) is 4.85. The van der Waals surface area contributed by atoms with Crippen molar-refractivity contribution in [2.45, 2.75) is 33.1 Å². The van der Waals surface area contributed by atoms with Crippen LogP contribution in [-0.2, 0) is 0 Å². The average Bonchev–Trinajstić information content (AvgIpc) is 2.90. The number of fused-ring (bicyclic) bond motifs is 1. The molecule has 2 aromatic rings. The smallest absolute Gasteiger partial charge is 0.157 e. The van der Waals surface area contributed by atoms with Gasteiger partial charge in [0, 0.05) is 18.0 Å². The molecule has 1 fully saturated rings. The predicted octanol–water partition coefficient (Wildman–Crippen LogP) is 3.53. The molecule has 4 heteroatoms. The zero-order valence-electron chi connectivity index (χ0n) is 10.3. The van der Waals surface area contributed by atoms with E-state index in [9.17, 15) is 0 Å². The third kappa shape index (κ3) is 1.82. The van der Waals surface area contributed by atoms with E-state index in [2.05, 4.69) is 30.9 Å². The lowest BCUT2D eigenvalue weighted by atomic mass is 9.88. The van der Waals surface area contributed by atoms with Crippen molar-refractivity contribution in [3.8, 4) is 0 Å². The van der Waals surface area contributed by atoms with E-state index in [1.165, 1.54) is 12.0 Å². The Hall–Kier alpha value is -1.09. The molecule has 0 N–H and O–H groups in total. The SMILES string of the molecule is CC(C)(C)[C@H]1C[C@@H]1c1cc(Cl)nn2ccnc12. The molecule has 3 rings (SSSR count). The highest BCUT2D eigenvalue weighted by atomic mass is 35.5. The molecule has 0 bridgehead atoms. The van der Waals surface area contributed by atoms with Gasteiger partial charge in [0.1, 0.15) is 5.15 Å². The van der Waals surface area contributed by atoms with Crippen LogP contribution in [0.3, 0.4) is 0 Å². The van der Waals surface area contributed by atoms with Crippen LogP contribution >= 0.6 is 11.6 Å². The molecule has 3 nitrogen and oxygen atoms in total. The van der Waals surface area contributed by atoms with Gasteiger partial charge in [-0.3, -0.25) is 0 Å². The molecule has 90 valence electrons. The van der Waals surface area contributed by atoms with Crippen LogP contribution in [0.5, 0.6) is 0 Å². The second kappa shape index (κ2) is 3.45. The first kappa shape index (κ1) is 11.0. The van der Waals surface area contributed by atoms with Gasteiger partial charge in [-0.1, -0.05) is 32.4 Å². The summed E-state index contributed by atoms with van der Waals surface area (Å²) in [7, 11) is 0. The maximum Gasteiger partial charge on any atom is 0.157 e. The molecule has 0 unspecified atom stereocenters. The van der Waals surface area contributed by atoms with Crippen molar-refractivity contribution in [1.82, 2.24) is 14.6 Å². The quantitative estimate of drug-likeness (QED) is 0.774. The van der Waals surface area contributed by atoms with Crippen LogP contribution in [-0.4, -0.2) is 14.6 Å². The Morgan fingerprint density at radius 3 is 2.82 bits per heavy atom. The van der Waals surface area contributed by atoms with Crippen LogP contribution in [0.1, 0.15) is 38.7 Å². The van der Waals surface area contributed by atoms with Crippen LogP contribution < -0.4 is 0 Å². The third-order valence-corrected chi connectivity index (χ3v) is 3.84. The molecule has 1 aliphatic carbocycles. The Labute approximate surface area is 106 Å². The number of nitrogens with zero attached hydrogens (tertiary/aromatic N) is 3. The molecule has 0 aromatic carbocycles. The number of aromatic nitrogens is 3. The first-order valence-electron chi connectivity index (χ1n) is 5.96.